The van der Waals surface area contributed by atoms with Crippen LogP contribution >= 0.6 is 0 Å². The number of aryl methyl sites for hydroxylation is 6. The van der Waals surface area contributed by atoms with Crippen LogP contribution in [0.2, 0.25) is 0 Å². The van der Waals surface area contributed by atoms with Crippen molar-refractivity contribution in [2.24, 2.45) is 0 Å². The zero-order valence-electron chi connectivity index (χ0n) is 34.3. The molecular formula is C53H64N2O2. The van der Waals surface area contributed by atoms with Gasteiger partial charge in [-0.2, -0.15) is 0 Å². The summed E-state index contributed by atoms with van der Waals surface area (Å²) in [6, 6.07) is 35.9. The molecule has 57 heavy (non-hydrogen) atoms. The van der Waals surface area contributed by atoms with E-state index in [1.54, 1.807) is 0 Å². The normalized spacial score (nSPS) is 16.8. The van der Waals surface area contributed by atoms with Gasteiger partial charge in [-0.3, -0.25) is 14.8 Å². The standard InChI is InChI=1S/C53H64N2O2/c56-50-23-13-9-5-1-3-7-11-17-46-33-35-54-52(39-46)48-21-15-19-44(37-48)31-29-42-25-27-43(28-26-42)30-32-45-20-16-22-49(38-45)53-40-47(34-36-55-53)18-12-8-4-2-6-10-14-24-51(57)41-50/h15-16,19-22,25-28,33-41,56H,1-14,17-18,23-24,29-32H2. The number of aliphatic hydroxyl groups excluding tert-OH is 1. The fourth-order valence-corrected chi connectivity index (χ4v) is 8.16. The zero-order valence-corrected chi connectivity index (χ0v) is 34.3. The monoisotopic (exact) mass is 760 g/mol. The molecule has 7 rings (SSSR count). The lowest BCUT2D eigenvalue weighted by molar-refractivity contribution is -0.114. The highest BCUT2D eigenvalue weighted by atomic mass is 16.3. The number of benzene rings is 3. The minimum absolute atomic E-state index is 0.0704. The van der Waals surface area contributed by atoms with Crippen molar-refractivity contribution in [1.29, 1.82) is 0 Å². The molecule has 0 unspecified atom stereocenters. The van der Waals surface area contributed by atoms with E-state index in [0.717, 1.165) is 75.6 Å². The largest absolute Gasteiger partial charge is 0.512 e. The van der Waals surface area contributed by atoms with Gasteiger partial charge in [-0.15, -0.1) is 0 Å². The smallest absolute Gasteiger partial charge is 0.159 e. The second kappa shape index (κ2) is 23.4. The molecule has 0 amide bonds. The van der Waals surface area contributed by atoms with Crippen LogP contribution in [-0.2, 0) is 43.3 Å². The number of aliphatic hydroxyl groups is 1. The Labute approximate surface area is 342 Å². The highest BCUT2D eigenvalue weighted by molar-refractivity contribution is 5.89. The van der Waals surface area contributed by atoms with Crippen molar-refractivity contribution < 1.29 is 9.90 Å². The van der Waals surface area contributed by atoms with Crippen molar-refractivity contribution in [1.82, 2.24) is 9.97 Å². The molecule has 4 nitrogen and oxygen atoms in total. The number of carbonyl (C=O) groups excluding carboxylic acids is 1. The minimum Gasteiger partial charge on any atom is -0.512 e. The quantitative estimate of drug-likeness (QED) is 0.171. The molecule has 10 bridgehead atoms. The molecule has 2 aliphatic rings. The SMILES string of the molecule is O=C1C=C(O)CCCCCCCCCc2ccnc(c2)-c2cccc(c2)CCc2ccc(cc2)CCc2cccc(c2)-c2cc(ccn2)CCCCCCCCC1. The number of nitrogens with zero attached hydrogens (tertiary/aromatic N) is 2. The number of fused-ring (bicyclic) bond motifs is 23. The summed E-state index contributed by atoms with van der Waals surface area (Å²) in [7, 11) is 0. The lowest BCUT2D eigenvalue weighted by Gasteiger charge is -2.09. The van der Waals surface area contributed by atoms with Crippen LogP contribution < -0.4 is 0 Å². The molecule has 298 valence electrons. The van der Waals surface area contributed by atoms with E-state index >= 15 is 0 Å². The first kappa shape index (κ1) is 41.8. The van der Waals surface area contributed by atoms with E-state index in [4.69, 9.17) is 9.97 Å². The van der Waals surface area contributed by atoms with E-state index in [1.165, 1.54) is 115 Å². The first-order chi connectivity index (χ1) is 28.1. The number of aromatic nitrogens is 2. The third-order valence-electron chi connectivity index (χ3n) is 11.6. The number of rotatable bonds is 0. The molecule has 0 saturated heterocycles. The fraction of sp³-hybridized carbons (Fsp3) is 0.415. The van der Waals surface area contributed by atoms with Gasteiger partial charge in [-0.25, -0.2) is 0 Å². The van der Waals surface area contributed by atoms with E-state index in [-0.39, 0.29) is 11.5 Å². The Morgan fingerprint density at radius 1 is 0.368 bits per heavy atom. The number of hydrogen-bond donors (Lipinski definition) is 1. The van der Waals surface area contributed by atoms with E-state index in [2.05, 4.69) is 97.1 Å². The van der Waals surface area contributed by atoms with E-state index in [9.17, 15) is 9.90 Å². The molecule has 0 aliphatic heterocycles. The predicted molar refractivity (Wildman–Crippen MR) is 238 cm³/mol. The number of ketones is 1. The van der Waals surface area contributed by atoms with Crippen molar-refractivity contribution in [3.05, 3.63) is 155 Å². The Hall–Kier alpha value is -4.83. The summed E-state index contributed by atoms with van der Waals surface area (Å²) in [5.74, 6) is 0.328. The summed E-state index contributed by atoms with van der Waals surface area (Å²) < 4.78 is 0. The van der Waals surface area contributed by atoms with Crippen LogP contribution in [0.4, 0.5) is 0 Å². The Bertz CT molecular complexity index is 1990. The molecular weight excluding hydrogens is 697 g/mol. The van der Waals surface area contributed by atoms with Gasteiger partial charge in [0.25, 0.3) is 0 Å². The molecule has 0 spiro atoms. The van der Waals surface area contributed by atoms with Gasteiger partial charge >= 0.3 is 0 Å². The second-order valence-corrected chi connectivity index (χ2v) is 16.4. The summed E-state index contributed by atoms with van der Waals surface area (Å²) in [6.07, 6.45) is 28.9. The summed E-state index contributed by atoms with van der Waals surface area (Å²) in [6.45, 7) is 0. The van der Waals surface area contributed by atoms with Crippen LogP contribution in [0.25, 0.3) is 22.5 Å². The first-order valence-electron chi connectivity index (χ1n) is 22.2. The molecule has 3 aromatic carbocycles. The first-order valence-corrected chi connectivity index (χ1v) is 22.2. The molecule has 1 N–H and O–H groups in total. The molecule has 4 heteroatoms. The highest BCUT2D eigenvalue weighted by Gasteiger charge is 2.08. The maximum absolute atomic E-state index is 12.4. The van der Waals surface area contributed by atoms with Gasteiger partial charge in [0.2, 0.25) is 0 Å². The summed E-state index contributed by atoms with van der Waals surface area (Å²) in [5, 5.41) is 10.3. The average molecular weight is 761 g/mol. The van der Waals surface area contributed by atoms with Gasteiger partial charge in [-0.1, -0.05) is 125 Å². The number of allylic oxidation sites excluding steroid dienone is 2. The van der Waals surface area contributed by atoms with Gasteiger partial charge in [0.05, 0.1) is 17.1 Å². The zero-order chi connectivity index (χ0) is 39.3. The van der Waals surface area contributed by atoms with Gasteiger partial charge in [0.15, 0.2) is 5.78 Å². The predicted octanol–water partition coefficient (Wildman–Crippen LogP) is 13.7. The minimum atomic E-state index is 0.0704. The topological polar surface area (TPSA) is 63.1 Å². The van der Waals surface area contributed by atoms with E-state index < -0.39 is 0 Å². The summed E-state index contributed by atoms with van der Waals surface area (Å²) >= 11 is 0. The third kappa shape index (κ3) is 14.9. The van der Waals surface area contributed by atoms with E-state index in [0.29, 0.717) is 12.8 Å². The summed E-state index contributed by atoms with van der Waals surface area (Å²) in [5.41, 5.74) is 12.7. The van der Waals surface area contributed by atoms with Crippen LogP contribution in [0, 0.1) is 0 Å². The van der Waals surface area contributed by atoms with Crippen LogP contribution in [0.5, 0.6) is 0 Å². The highest BCUT2D eigenvalue weighted by Crippen LogP contribution is 2.24. The maximum Gasteiger partial charge on any atom is 0.159 e. The molecule has 0 saturated carbocycles. The molecule has 0 atom stereocenters. The number of pyridine rings is 2. The maximum atomic E-state index is 12.4. The molecule has 5 aromatic rings. The van der Waals surface area contributed by atoms with Crippen molar-refractivity contribution in [2.75, 3.05) is 0 Å². The summed E-state index contributed by atoms with van der Waals surface area (Å²) in [4.78, 5) is 21.9. The van der Waals surface area contributed by atoms with Crippen molar-refractivity contribution >= 4 is 5.78 Å². The Morgan fingerprint density at radius 2 is 0.754 bits per heavy atom. The second-order valence-electron chi connectivity index (χ2n) is 16.4. The number of carbonyl (C=O) groups is 1. The van der Waals surface area contributed by atoms with Crippen molar-refractivity contribution in [2.45, 2.75) is 141 Å². The lowest BCUT2D eigenvalue weighted by atomic mass is 9.98. The van der Waals surface area contributed by atoms with Crippen LogP contribution in [0.1, 0.15) is 136 Å². The number of hydrogen-bond acceptors (Lipinski definition) is 4. The van der Waals surface area contributed by atoms with Gasteiger partial charge in [0, 0.05) is 42.4 Å². The van der Waals surface area contributed by atoms with Crippen molar-refractivity contribution in [3.63, 3.8) is 0 Å². The van der Waals surface area contributed by atoms with Crippen LogP contribution in [0.15, 0.2) is 121 Å². The Balaban J connectivity index is 1.05. The van der Waals surface area contributed by atoms with Gasteiger partial charge in [0.1, 0.15) is 0 Å². The van der Waals surface area contributed by atoms with Gasteiger partial charge in [-0.05, 0) is 134 Å². The lowest BCUT2D eigenvalue weighted by Crippen LogP contribution is -1.96. The van der Waals surface area contributed by atoms with Gasteiger partial charge < -0.3 is 5.11 Å². The van der Waals surface area contributed by atoms with Crippen LogP contribution in [0.3, 0.4) is 0 Å². The molecule has 2 aromatic heterocycles. The average Bonchev–Trinajstić information content (AvgIpc) is 3.24. The van der Waals surface area contributed by atoms with Crippen molar-refractivity contribution in [3.8, 4) is 22.5 Å². The van der Waals surface area contributed by atoms with Crippen LogP contribution in [-0.4, -0.2) is 20.9 Å². The molecule has 2 aliphatic carbocycles. The Kier molecular flexibility index (Phi) is 17.2. The molecule has 2 heterocycles. The molecule has 0 radical (unpaired) electrons. The third-order valence-corrected chi connectivity index (χ3v) is 11.6. The fourth-order valence-electron chi connectivity index (χ4n) is 8.16. The van der Waals surface area contributed by atoms with E-state index in [1.807, 2.05) is 12.4 Å². The molecule has 0 fully saturated rings. The Morgan fingerprint density at radius 3 is 1.23 bits per heavy atom.